The van der Waals surface area contributed by atoms with Crippen LogP contribution in [0, 0.1) is 19.3 Å². The summed E-state index contributed by atoms with van der Waals surface area (Å²) in [7, 11) is 0. The minimum atomic E-state index is -0.179. The van der Waals surface area contributed by atoms with E-state index >= 15 is 0 Å². The van der Waals surface area contributed by atoms with Crippen molar-refractivity contribution in [3.63, 3.8) is 0 Å². The second kappa shape index (κ2) is 8.29. The first-order chi connectivity index (χ1) is 13.6. The Morgan fingerprint density at radius 1 is 1.00 bits per heavy atom. The maximum Gasteiger partial charge on any atom is 0.144 e. The number of aryl methyl sites for hydroxylation is 2. The molecule has 0 aromatic heterocycles. The molecule has 0 radical (unpaired) electrons. The van der Waals surface area contributed by atoms with Crippen LogP contribution < -0.4 is 5.43 Å². The van der Waals surface area contributed by atoms with Gasteiger partial charge in [-0.2, -0.15) is 5.10 Å². The first kappa shape index (κ1) is 20.9. The molecule has 0 atom stereocenters. The summed E-state index contributed by atoms with van der Waals surface area (Å²) in [6, 6.07) is 12.2. The van der Waals surface area contributed by atoms with E-state index in [1.54, 1.807) is 11.8 Å². The predicted octanol–water partition coefficient (Wildman–Crippen LogP) is 6.34. The van der Waals surface area contributed by atoms with Crippen molar-refractivity contribution in [3.05, 3.63) is 76.2 Å². The highest BCUT2D eigenvalue weighted by Crippen LogP contribution is 2.37. The Hall–Kier alpha value is -2.79. The molecule has 0 heterocycles. The van der Waals surface area contributed by atoms with Gasteiger partial charge in [-0.25, -0.2) is 0 Å². The van der Waals surface area contributed by atoms with Crippen molar-refractivity contribution in [3.8, 4) is 5.75 Å². The minimum Gasteiger partial charge on any atom is -0.505 e. The molecule has 2 aromatic rings. The van der Waals surface area contributed by atoms with Crippen LogP contribution in [0.15, 0.2) is 69.5 Å². The quantitative estimate of drug-likeness (QED) is 0.316. The van der Waals surface area contributed by atoms with E-state index in [1.807, 2.05) is 37.3 Å². The summed E-state index contributed by atoms with van der Waals surface area (Å²) in [4.78, 5) is 2.13. The fourth-order valence-corrected chi connectivity index (χ4v) is 3.83. The number of nitrogens with one attached hydrogen (secondary N) is 2. The molecule has 1 aliphatic rings. The van der Waals surface area contributed by atoms with Crippen molar-refractivity contribution in [2.24, 2.45) is 5.10 Å². The van der Waals surface area contributed by atoms with Crippen LogP contribution in [-0.2, 0) is 5.41 Å². The smallest absolute Gasteiger partial charge is 0.144 e. The molecule has 0 amide bonds. The molecule has 3 N–H and O–H groups in total. The van der Waals surface area contributed by atoms with Crippen molar-refractivity contribution in [1.29, 1.82) is 5.41 Å². The summed E-state index contributed by atoms with van der Waals surface area (Å²) in [5.41, 5.74) is 7.31. The Morgan fingerprint density at radius 2 is 1.69 bits per heavy atom. The topological polar surface area (TPSA) is 68.5 Å². The Kier molecular flexibility index (Phi) is 5.99. The fourth-order valence-electron chi connectivity index (χ4n) is 2.97. The molecule has 4 nitrogen and oxygen atoms in total. The normalized spacial score (nSPS) is 15.6. The van der Waals surface area contributed by atoms with Crippen LogP contribution in [0.2, 0.25) is 0 Å². The monoisotopic (exact) mass is 405 g/mol. The lowest BCUT2D eigenvalue weighted by molar-refractivity contribution is 0.448. The molecule has 29 heavy (non-hydrogen) atoms. The number of hydrazone groups is 1. The second-order valence-electron chi connectivity index (χ2n) is 8.28. The Morgan fingerprint density at radius 3 is 2.31 bits per heavy atom. The second-order valence-corrected chi connectivity index (χ2v) is 9.42. The highest BCUT2D eigenvalue weighted by Gasteiger charge is 2.21. The largest absolute Gasteiger partial charge is 0.505 e. The van der Waals surface area contributed by atoms with Crippen molar-refractivity contribution in [1.82, 2.24) is 0 Å². The highest BCUT2D eigenvalue weighted by molar-refractivity contribution is 8.03. The first-order valence-electron chi connectivity index (χ1n) is 9.54. The van der Waals surface area contributed by atoms with Crippen LogP contribution >= 0.6 is 11.8 Å². The van der Waals surface area contributed by atoms with Gasteiger partial charge in [-0.15, -0.1) is 0 Å². The molecule has 150 valence electrons. The van der Waals surface area contributed by atoms with Crippen molar-refractivity contribution in [2.75, 3.05) is 5.43 Å². The van der Waals surface area contributed by atoms with E-state index in [2.05, 4.69) is 62.5 Å². The van der Waals surface area contributed by atoms with Gasteiger partial charge in [-0.05, 0) is 61.3 Å². The number of thioether (sulfide) groups is 1. The maximum atomic E-state index is 10.7. The highest BCUT2D eigenvalue weighted by atomic mass is 32.2. The Balaban J connectivity index is 1.76. The number of aromatic hydroxyl groups is 1. The molecule has 1 aliphatic carbocycles. The van der Waals surface area contributed by atoms with Gasteiger partial charge in [0.05, 0.1) is 11.4 Å². The summed E-state index contributed by atoms with van der Waals surface area (Å²) in [5.74, 6) is 0.199. The van der Waals surface area contributed by atoms with E-state index in [4.69, 9.17) is 5.41 Å². The minimum absolute atomic E-state index is 0.179. The maximum absolute atomic E-state index is 10.7. The number of anilines is 1. The third-order valence-electron chi connectivity index (χ3n) is 4.58. The average molecular weight is 406 g/mol. The van der Waals surface area contributed by atoms with E-state index in [0.29, 0.717) is 17.1 Å². The summed E-state index contributed by atoms with van der Waals surface area (Å²) in [6.45, 7) is 10.3. The fraction of sp³-hybridized carbons (Fsp3) is 0.250. The van der Waals surface area contributed by atoms with Crippen molar-refractivity contribution < 1.29 is 5.11 Å². The number of benzene rings is 2. The molecule has 3 rings (SSSR count). The van der Waals surface area contributed by atoms with E-state index in [9.17, 15) is 5.11 Å². The molecule has 0 fully saturated rings. The van der Waals surface area contributed by atoms with Gasteiger partial charge in [0.1, 0.15) is 11.5 Å². The summed E-state index contributed by atoms with van der Waals surface area (Å²) >= 11 is 1.62. The molecule has 0 bridgehead atoms. The predicted molar refractivity (Wildman–Crippen MR) is 125 cm³/mol. The van der Waals surface area contributed by atoms with E-state index in [1.165, 1.54) is 5.56 Å². The van der Waals surface area contributed by atoms with Crippen LogP contribution in [0.4, 0.5) is 5.69 Å². The van der Waals surface area contributed by atoms with Gasteiger partial charge in [-0.3, -0.25) is 10.8 Å². The number of phenols is 1. The Labute approximate surface area is 177 Å². The molecule has 5 heteroatoms. The molecule has 0 spiro atoms. The van der Waals surface area contributed by atoms with Crippen molar-refractivity contribution >= 4 is 28.9 Å². The molecular formula is C24H27N3OS. The van der Waals surface area contributed by atoms with Crippen LogP contribution in [0.5, 0.6) is 5.75 Å². The third kappa shape index (κ3) is 5.18. The van der Waals surface area contributed by atoms with Crippen LogP contribution in [-0.4, -0.2) is 16.5 Å². The Bertz CT molecular complexity index is 1030. The number of nitrogens with zero attached hydrogens (tertiary/aromatic N) is 1. The molecule has 0 aliphatic heterocycles. The lowest BCUT2D eigenvalue weighted by atomic mass is 9.85. The lowest BCUT2D eigenvalue weighted by Crippen LogP contribution is -2.14. The van der Waals surface area contributed by atoms with Gasteiger partial charge in [-0.1, -0.05) is 56.3 Å². The number of rotatable bonds is 4. The van der Waals surface area contributed by atoms with Gasteiger partial charge in [0, 0.05) is 15.4 Å². The standard InChI is InChI=1S/C24H27N3OS/c1-15-6-8-17(9-7-15)29-18-10-11-21(20(25)14-18)26-27-22-13-16(2)12-19(23(22)28)24(3,4)5/h6-14,25,27-28H,1-5H3/b25-20?,26-21-. The lowest BCUT2D eigenvalue weighted by Gasteiger charge is -2.22. The van der Waals surface area contributed by atoms with Crippen LogP contribution in [0.25, 0.3) is 0 Å². The summed E-state index contributed by atoms with van der Waals surface area (Å²) in [6.07, 6.45) is 5.59. The summed E-state index contributed by atoms with van der Waals surface area (Å²) in [5, 5.41) is 23.3. The zero-order chi connectivity index (χ0) is 21.2. The van der Waals surface area contributed by atoms with Gasteiger partial charge in [0.15, 0.2) is 0 Å². The summed E-state index contributed by atoms with van der Waals surface area (Å²) < 4.78 is 0. The van der Waals surface area contributed by atoms with E-state index in [0.717, 1.165) is 20.9 Å². The molecular weight excluding hydrogens is 378 g/mol. The van der Waals surface area contributed by atoms with Gasteiger partial charge >= 0.3 is 0 Å². The average Bonchev–Trinajstić information content (AvgIpc) is 2.64. The molecule has 0 saturated carbocycles. The van der Waals surface area contributed by atoms with Gasteiger partial charge in [0.25, 0.3) is 0 Å². The molecule has 0 unspecified atom stereocenters. The van der Waals surface area contributed by atoms with Crippen LogP contribution in [0.3, 0.4) is 0 Å². The number of hydrogen-bond donors (Lipinski definition) is 3. The molecule has 2 aromatic carbocycles. The zero-order valence-electron chi connectivity index (χ0n) is 17.5. The van der Waals surface area contributed by atoms with Crippen LogP contribution in [0.1, 0.15) is 37.5 Å². The molecule has 0 saturated heterocycles. The zero-order valence-corrected chi connectivity index (χ0v) is 18.3. The number of allylic oxidation sites excluding steroid dienone is 3. The number of phenolic OH excluding ortho intramolecular Hbond substituents is 1. The third-order valence-corrected chi connectivity index (χ3v) is 5.58. The number of hydrogen-bond acceptors (Lipinski definition) is 5. The van der Waals surface area contributed by atoms with Gasteiger partial charge in [0.2, 0.25) is 0 Å². The van der Waals surface area contributed by atoms with E-state index < -0.39 is 0 Å². The SMILES string of the molecule is Cc1ccc(SC2=CC(=N)/C(=N\Nc3cc(C)cc(C(C)(C)C)c3O)C=C2)cc1. The van der Waals surface area contributed by atoms with Crippen molar-refractivity contribution in [2.45, 2.75) is 44.9 Å². The van der Waals surface area contributed by atoms with E-state index in [-0.39, 0.29) is 11.2 Å². The first-order valence-corrected chi connectivity index (χ1v) is 10.4. The van der Waals surface area contributed by atoms with Gasteiger partial charge < -0.3 is 5.11 Å².